The average Bonchev–Trinajstić information content (AvgIpc) is 2.03. The molecule has 1 aliphatic rings. The summed E-state index contributed by atoms with van der Waals surface area (Å²) in [6, 6.07) is 1.79. The molecule has 1 aromatic heterocycles. The van der Waals surface area contributed by atoms with E-state index in [-0.39, 0.29) is 11.6 Å². The Balaban J connectivity index is 2.44. The molecule has 0 spiro atoms. The zero-order valence-corrected chi connectivity index (χ0v) is 6.71. The van der Waals surface area contributed by atoms with Gasteiger partial charge in [-0.05, 0) is 24.8 Å². The highest BCUT2D eigenvalue weighted by molar-refractivity contribution is 5.21. The highest BCUT2D eigenvalue weighted by Gasteiger charge is 2.16. The predicted molar refractivity (Wildman–Crippen MR) is 44.9 cm³/mol. The molecule has 1 atom stereocenters. The molecule has 0 aliphatic heterocycles. The van der Waals surface area contributed by atoms with Crippen molar-refractivity contribution < 1.29 is 0 Å². The van der Waals surface area contributed by atoms with Crippen molar-refractivity contribution in [2.75, 3.05) is 0 Å². The second-order valence-electron chi connectivity index (χ2n) is 3.21. The van der Waals surface area contributed by atoms with Gasteiger partial charge in [0.25, 0.3) is 5.56 Å². The number of nitrogens with two attached hydrogens (primary N) is 1. The maximum atomic E-state index is 10.9. The van der Waals surface area contributed by atoms with Crippen molar-refractivity contribution in [1.29, 1.82) is 0 Å². The molecule has 64 valence electrons. The molecule has 0 saturated heterocycles. The molecule has 4 nitrogen and oxygen atoms in total. The third-order valence-corrected chi connectivity index (χ3v) is 2.21. The van der Waals surface area contributed by atoms with Crippen LogP contribution in [0.5, 0.6) is 0 Å². The highest BCUT2D eigenvalue weighted by Crippen LogP contribution is 2.15. The summed E-state index contributed by atoms with van der Waals surface area (Å²) < 4.78 is 0. The van der Waals surface area contributed by atoms with E-state index in [0.717, 1.165) is 30.5 Å². The van der Waals surface area contributed by atoms with E-state index in [1.807, 2.05) is 0 Å². The molecule has 0 unspecified atom stereocenters. The van der Waals surface area contributed by atoms with Crippen LogP contribution in [0.25, 0.3) is 0 Å². The van der Waals surface area contributed by atoms with Crippen molar-refractivity contribution in [3.8, 4) is 0 Å². The Hall–Kier alpha value is -1.16. The zero-order valence-electron chi connectivity index (χ0n) is 6.71. The number of rotatable bonds is 0. The lowest BCUT2D eigenvalue weighted by Gasteiger charge is -2.18. The summed E-state index contributed by atoms with van der Waals surface area (Å²) >= 11 is 0. The predicted octanol–water partition coefficient (Wildman–Crippen LogP) is -0.414. The van der Waals surface area contributed by atoms with Crippen LogP contribution in [0, 0.1) is 0 Å². The van der Waals surface area contributed by atoms with E-state index >= 15 is 0 Å². The molecule has 1 aromatic rings. The minimum absolute atomic E-state index is 0.136. The first-order valence-corrected chi connectivity index (χ1v) is 4.09. The Kier molecular flexibility index (Phi) is 1.69. The molecule has 0 bridgehead atoms. The van der Waals surface area contributed by atoms with Crippen molar-refractivity contribution in [2.24, 2.45) is 5.73 Å². The second kappa shape index (κ2) is 2.71. The minimum atomic E-state index is -0.136. The molecule has 1 aliphatic carbocycles. The molecule has 0 aromatic carbocycles. The van der Waals surface area contributed by atoms with Crippen LogP contribution in [0.4, 0.5) is 0 Å². The van der Waals surface area contributed by atoms with Gasteiger partial charge in [0.2, 0.25) is 0 Å². The fourth-order valence-corrected chi connectivity index (χ4v) is 1.57. The van der Waals surface area contributed by atoms with Crippen LogP contribution >= 0.6 is 0 Å². The molecule has 1 heterocycles. The summed E-state index contributed by atoms with van der Waals surface area (Å²) in [7, 11) is 0. The number of hydrogen-bond donors (Lipinski definition) is 2. The van der Waals surface area contributed by atoms with Crippen LogP contribution in [0.15, 0.2) is 10.9 Å². The molecule has 12 heavy (non-hydrogen) atoms. The number of aromatic amines is 1. The molecule has 0 saturated carbocycles. The first-order valence-electron chi connectivity index (χ1n) is 4.09. The zero-order chi connectivity index (χ0) is 8.55. The fraction of sp³-hybridized carbons (Fsp3) is 0.500. The number of fused-ring (bicyclic) bond motifs is 1. The van der Waals surface area contributed by atoms with E-state index in [1.54, 1.807) is 6.07 Å². The summed E-state index contributed by atoms with van der Waals surface area (Å²) in [6.07, 6.45) is 2.63. The first-order chi connectivity index (χ1) is 5.75. The van der Waals surface area contributed by atoms with Crippen LogP contribution in [0.2, 0.25) is 0 Å². The van der Waals surface area contributed by atoms with Gasteiger partial charge in [-0.1, -0.05) is 0 Å². The van der Waals surface area contributed by atoms with Crippen molar-refractivity contribution in [2.45, 2.75) is 25.3 Å². The second-order valence-corrected chi connectivity index (χ2v) is 3.21. The third kappa shape index (κ3) is 1.25. The third-order valence-electron chi connectivity index (χ3n) is 2.21. The monoisotopic (exact) mass is 165 g/mol. The summed E-state index contributed by atoms with van der Waals surface area (Å²) in [6.45, 7) is 0. The van der Waals surface area contributed by atoms with E-state index < -0.39 is 0 Å². The van der Waals surface area contributed by atoms with Gasteiger partial charge < -0.3 is 5.73 Å². The number of nitrogens with zero attached hydrogens (tertiary/aromatic N) is 1. The number of H-pyrrole nitrogens is 1. The van der Waals surface area contributed by atoms with E-state index in [1.165, 1.54) is 0 Å². The maximum Gasteiger partial charge on any atom is 0.264 e. The van der Waals surface area contributed by atoms with Crippen molar-refractivity contribution in [3.05, 3.63) is 27.7 Å². The Morgan fingerprint density at radius 2 is 2.50 bits per heavy atom. The lowest BCUT2D eigenvalue weighted by Crippen LogP contribution is -2.30. The van der Waals surface area contributed by atoms with Gasteiger partial charge in [-0.2, -0.15) is 5.10 Å². The number of nitrogens with one attached hydrogen (secondary N) is 1. The van der Waals surface area contributed by atoms with E-state index in [0.29, 0.717) is 0 Å². The van der Waals surface area contributed by atoms with E-state index in [9.17, 15) is 4.79 Å². The fourth-order valence-electron chi connectivity index (χ4n) is 1.57. The van der Waals surface area contributed by atoms with Gasteiger partial charge in [-0.3, -0.25) is 4.79 Å². The van der Waals surface area contributed by atoms with Crippen LogP contribution < -0.4 is 11.3 Å². The van der Waals surface area contributed by atoms with Crippen molar-refractivity contribution >= 4 is 0 Å². The summed E-state index contributed by atoms with van der Waals surface area (Å²) in [5.41, 5.74) is 7.63. The average molecular weight is 165 g/mol. The standard InChI is InChI=1S/C8H11N3O/c9-6-1-2-7-5(3-6)4-8(12)11-10-7/h4,6H,1-3,9H2,(H,11,12)/t6-/m1/s1. The molecule has 0 amide bonds. The van der Waals surface area contributed by atoms with Crippen molar-refractivity contribution in [1.82, 2.24) is 10.2 Å². The van der Waals surface area contributed by atoms with Gasteiger partial charge in [0.1, 0.15) is 0 Å². The van der Waals surface area contributed by atoms with Gasteiger partial charge in [0.15, 0.2) is 0 Å². The van der Waals surface area contributed by atoms with Crippen LogP contribution in [0.3, 0.4) is 0 Å². The molecule has 0 fully saturated rings. The lowest BCUT2D eigenvalue weighted by molar-refractivity contribution is 0.559. The van der Waals surface area contributed by atoms with E-state index in [4.69, 9.17) is 5.73 Å². The number of aromatic nitrogens is 2. The SMILES string of the molecule is N[C@@H]1CCc2n[nH]c(=O)cc2C1. The lowest BCUT2D eigenvalue weighted by atomic mass is 9.93. The van der Waals surface area contributed by atoms with Gasteiger partial charge in [-0.25, -0.2) is 5.10 Å². The van der Waals surface area contributed by atoms with Gasteiger partial charge >= 0.3 is 0 Å². The smallest absolute Gasteiger partial charge is 0.264 e. The van der Waals surface area contributed by atoms with Crippen LogP contribution in [0.1, 0.15) is 17.7 Å². The minimum Gasteiger partial charge on any atom is -0.327 e. The Bertz CT molecular complexity index is 344. The Morgan fingerprint density at radius 3 is 3.33 bits per heavy atom. The number of hydrogen-bond acceptors (Lipinski definition) is 3. The summed E-state index contributed by atoms with van der Waals surface area (Å²) in [4.78, 5) is 10.9. The largest absolute Gasteiger partial charge is 0.327 e. The van der Waals surface area contributed by atoms with Gasteiger partial charge in [0.05, 0.1) is 5.69 Å². The first kappa shape index (κ1) is 7.49. The van der Waals surface area contributed by atoms with Gasteiger partial charge in [0, 0.05) is 12.1 Å². The van der Waals surface area contributed by atoms with Crippen LogP contribution in [-0.2, 0) is 12.8 Å². The molecule has 2 rings (SSSR count). The van der Waals surface area contributed by atoms with Gasteiger partial charge in [-0.15, -0.1) is 0 Å². The number of aryl methyl sites for hydroxylation is 1. The van der Waals surface area contributed by atoms with Crippen molar-refractivity contribution in [3.63, 3.8) is 0 Å². The molecule has 0 radical (unpaired) electrons. The quantitative estimate of drug-likeness (QED) is 0.548. The Labute approximate surface area is 69.8 Å². The molecular weight excluding hydrogens is 154 g/mol. The topological polar surface area (TPSA) is 71.8 Å². The molecular formula is C8H11N3O. The van der Waals surface area contributed by atoms with E-state index in [2.05, 4.69) is 10.2 Å². The summed E-state index contributed by atoms with van der Waals surface area (Å²) in [5, 5.41) is 6.39. The molecule has 3 N–H and O–H groups in total. The molecule has 4 heteroatoms. The highest BCUT2D eigenvalue weighted by atomic mass is 16.1. The maximum absolute atomic E-state index is 10.9. The summed E-state index contributed by atoms with van der Waals surface area (Å²) in [5.74, 6) is 0. The normalized spacial score (nSPS) is 21.9. The van der Waals surface area contributed by atoms with Crippen LogP contribution in [-0.4, -0.2) is 16.2 Å². The Morgan fingerprint density at radius 1 is 1.67 bits per heavy atom.